The minimum absolute atomic E-state index is 0.0117. The Balaban J connectivity index is 1.60. The minimum Gasteiger partial charge on any atom is -0.333 e. The van der Waals surface area contributed by atoms with Gasteiger partial charge < -0.3 is 15.1 Å². The molecule has 5 heteroatoms. The van der Waals surface area contributed by atoms with Crippen LogP contribution in [0.4, 0.5) is 4.39 Å². The normalized spacial score (nSPS) is 23.2. The van der Waals surface area contributed by atoms with Gasteiger partial charge in [-0.3, -0.25) is 4.79 Å². The summed E-state index contributed by atoms with van der Waals surface area (Å²) in [5, 5.41) is 3.36. The number of amides is 1. The molecule has 3 rings (SSSR count). The van der Waals surface area contributed by atoms with Gasteiger partial charge in [-0.05, 0) is 63.4 Å². The first-order valence-electron chi connectivity index (χ1n) is 9.54. The van der Waals surface area contributed by atoms with Gasteiger partial charge in [0.25, 0.3) is 0 Å². The standard InChI is InChI=1S/C20H30FN3O/c1-15(2)23-10-7-16(8-11-23)13-20(25)24-12-9-22-14-19(24)17-3-5-18(21)6-4-17/h3-6,15-16,19,22H,7-14H2,1-2H3. The smallest absolute Gasteiger partial charge is 0.223 e. The van der Waals surface area contributed by atoms with Crippen LogP contribution < -0.4 is 5.32 Å². The van der Waals surface area contributed by atoms with Crippen molar-refractivity contribution in [2.75, 3.05) is 32.7 Å². The summed E-state index contributed by atoms with van der Waals surface area (Å²) < 4.78 is 13.2. The fourth-order valence-corrected chi connectivity index (χ4v) is 4.02. The van der Waals surface area contributed by atoms with E-state index in [1.807, 2.05) is 4.90 Å². The molecule has 0 bridgehead atoms. The lowest BCUT2D eigenvalue weighted by atomic mass is 9.91. The van der Waals surface area contributed by atoms with Crippen LogP contribution in [-0.4, -0.2) is 54.5 Å². The van der Waals surface area contributed by atoms with Crippen molar-refractivity contribution in [3.63, 3.8) is 0 Å². The summed E-state index contributed by atoms with van der Waals surface area (Å²) in [6, 6.07) is 7.16. The number of likely N-dealkylation sites (tertiary alicyclic amines) is 1. The Bertz CT molecular complexity index is 567. The highest BCUT2D eigenvalue weighted by molar-refractivity contribution is 5.77. The third-order valence-electron chi connectivity index (χ3n) is 5.66. The van der Waals surface area contributed by atoms with Gasteiger partial charge in [-0.2, -0.15) is 0 Å². The quantitative estimate of drug-likeness (QED) is 0.910. The van der Waals surface area contributed by atoms with Crippen LogP contribution in [0.15, 0.2) is 24.3 Å². The number of piperazine rings is 1. The maximum absolute atomic E-state index is 13.2. The largest absolute Gasteiger partial charge is 0.333 e. The molecule has 2 aliphatic rings. The Morgan fingerprint density at radius 3 is 2.52 bits per heavy atom. The van der Waals surface area contributed by atoms with Crippen molar-refractivity contribution in [2.24, 2.45) is 5.92 Å². The zero-order chi connectivity index (χ0) is 17.8. The molecule has 138 valence electrons. The zero-order valence-electron chi connectivity index (χ0n) is 15.4. The predicted octanol–water partition coefficient (Wildman–Crippen LogP) is 2.81. The molecule has 0 radical (unpaired) electrons. The van der Waals surface area contributed by atoms with Gasteiger partial charge in [0.2, 0.25) is 5.91 Å². The third kappa shape index (κ3) is 4.59. The average Bonchev–Trinajstić information content (AvgIpc) is 2.63. The summed E-state index contributed by atoms with van der Waals surface area (Å²) in [6.07, 6.45) is 2.86. The van der Waals surface area contributed by atoms with Crippen LogP contribution in [-0.2, 0) is 4.79 Å². The SMILES string of the molecule is CC(C)N1CCC(CC(=O)N2CCNCC2c2ccc(F)cc2)CC1. The first-order chi connectivity index (χ1) is 12.0. The second-order valence-corrected chi connectivity index (χ2v) is 7.64. The van der Waals surface area contributed by atoms with Crippen molar-refractivity contribution in [1.82, 2.24) is 15.1 Å². The van der Waals surface area contributed by atoms with Crippen molar-refractivity contribution < 1.29 is 9.18 Å². The summed E-state index contributed by atoms with van der Waals surface area (Å²) in [5.74, 6) is 0.507. The molecule has 0 spiro atoms. The van der Waals surface area contributed by atoms with E-state index < -0.39 is 0 Å². The Labute approximate surface area is 150 Å². The monoisotopic (exact) mass is 347 g/mol. The predicted molar refractivity (Wildman–Crippen MR) is 97.8 cm³/mol. The highest BCUT2D eigenvalue weighted by Crippen LogP contribution is 2.27. The molecule has 2 fully saturated rings. The lowest BCUT2D eigenvalue weighted by molar-refractivity contribution is -0.136. The van der Waals surface area contributed by atoms with Gasteiger partial charge in [-0.15, -0.1) is 0 Å². The van der Waals surface area contributed by atoms with Crippen LogP contribution in [0.5, 0.6) is 0 Å². The fraction of sp³-hybridized carbons (Fsp3) is 0.650. The van der Waals surface area contributed by atoms with E-state index in [9.17, 15) is 9.18 Å². The highest BCUT2D eigenvalue weighted by Gasteiger charge is 2.30. The van der Waals surface area contributed by atoms with E-state index in [1.165, 1.54) is 12.1 Å². The summed E-state index contributed by atoms with van der Waals surface area (Å²) >= 11 is 0. The third-order valence-corrected chi connectivity index (χ3v) is 5.66. The number of nitrogens with one attached hydrogen (secondary N) is 1. The molecule has 25 heavy (non-hydrogen) atoms. The number of rotatable bonds is 4. The first kappa shape index (κ1) is 18.3. The fourth-order valence-electron chi connectivity index (χ4n) is 4.02. The molecular weight excluding hydrogens is 317 g/mol. The lowest BCUT2D eigenvalue weighted by Gasteiger charge is -2.39. The van der Waals surface area contributed by atoms with Crippen molar-refractivity contribution in [1.29, 1.82) is 0 Å². The molecule has 1 atom stereocenters. The van der Waals surface area contributed by atoms with Crippen LogP contribution in [0.2, 0.25) is 0 Å². The topological polar surface area (TPSA) is 35.6 Å². The number of carbonyl (C=O) groups excluding carboxylic acids is 1. The number of benzene rings is 1. The molecule has 0 saturated carbocycles. The van der Waals surface area contributed by atoms with E-state index in [1.54, 1.807) is 12.1 Å². The number of hydrogen-bond acceptors (Lipinski definition) is 3. The van der Waals surface area contributed by atoms with Gasteiger partial charge in [0, 0.05) is 32.1 Å². The Morgan fingerprint density at radius 1 is 1.20 bits per heavy atom. The second kappa shape index (κ2) is 8.28. The van der Waals surface area contributed by atoms with Gasteiger partial charge in [0.1, 0.15) is 5.82 Å². The average molecular weight is 347 g/mol. The lowest BCUT2D eigenvalue weighted by Crippen LogP contribution is -2.49. The van der Waals surface area contributed by atoms with Gasteiger partial charge in [-0.1, -0.05) is 12.1 Å². The summed E-state index contributed by atoms with van der Waals surface area (Å²) in [5.41, 5.74) is 1.01. The minimum atomic E-state index is -0.234. The summed E-state index contributed by atoms with van der Waals surface area (Å²) in [6.45, 7) is 8.96. The molecule has 0 aromatic heterocycles. The Hall–Kier alpha value is -1.46. The second-order valence-electron chi connectivity index (χ2n) is 7.64. The molecule has 0 aliphatic carbocycles. The Kier molecular flexibility index (Phi) is 6.07. The molecule has 2 aliphatic heterocycles. The summed E-state index contributed by atoms with van der Waals surface area (Å²) in [4.78, 5) is 17.4. The van der Waals surface area contributed by atoms with Crippen molar-refractivity contribution in [2.45, 2.75) is 45.2 Å². The first-order valence-corrected chi connectivity index (χ1v) is 9.54. The van der Waals surface area contributed by atoms with Gasteiger partial charge in [-0.25, -0.2) is 4.39 Å². The molecule has 1 N–H and O–H groups in total. The highest BCUT2D eigenvalue weighted by atomic mass is 19.1. The summed E-state index contributed by atoms with van der Waals surface area (Å²) in [7, 11) is 0. The van der Waals surface area contributed by atoms with Gasteiger partial charge in [0.15, 0.2) is 0 Å². The number of nitrogens with zero attached hydrogens (tertiary/aromatic N) is 2. The molecule has 1 aromatic rings. The molecule has 1 amide bonds. The van der Waals surface area contributed by atoms with E-state index >= 15 is 0 Å². The Morgan fingerprint density at radius 2 is 1.88 bits per heavy atom. The molecule has 4 nitrogen and oxygen atoms in total. The van der Waals surface area contributed by atoms with E-state index in [2.05, 4.69) is 24.1 Å². The van der Waals surface area contributed by atoms with E-state index in [0.29, 0.717) is 18.4 Å². The van der Waals surface area contributed by atoms with Gasteiger partial charge in [0.05, 0.1) is 6.04 Å². The van der Waals surface area contributed by atoms with Crippen LogP contribution >= 0.6 is 0 Å². The van der Waals surface area contributed by atoms with E-state index in [4.69, 9.17) is 0 Å². The van der Waals surface area contributed by atoms with E-state index in [0.717, 1.165) is 51.1 Å². The van der Waals surface area contributed by atoms with Crippen LogP contribution in [0.3, 0.4) is 0 Å². The molecule has 2 heterocycles. The number of carbonyl (C=O) groups is 1. The number of hydrogen-bond donors (Lipinski definition) is 1. The van der Waals surface area contributed by atoms with Gasteiger partial charge >= 0.3 is 0 Å². The van der Waals surface area contributed by atoms with Crippen molar-refractivity contribution >= 4 is 5.91 Å². The molecular formula is C20H30FN3O. The van der Waals surface area contributed by atoms with Crippen LogP contribution in [0, 0.1) is 11.7 Å². The number of halogens is 1. The van der Waals surface area contributed by atoms with E-state index in [-0.39, 0.29) is 17.8 Å². The zero-order valence-corrected chi connectivity index (χ0v) is 15.4. The van der Waals surface area contributed by atoms with Crippen molar-refractivity contribution in [3.05, 3.63) is 35.6 Å². The number of piperidine rings is 1. The maximum atomic E-state index is 13.2. The van der Waals surface area contributed by atoms with Crippen LogP contribution in [0.1, 0.15) is 44.7 Å². The molecule has 1 aromatic carbocycles. The van der Waals surface area contributed by atoms with Crippen LogP contribution in [0.25, 0.3) is 0 Å². The maximum Gasteiger partial charge on any atom is 0.223 e. The molecule has 2 saturated heterocycles. The van der Waals surface area contributed by atoms with Crippen molar-refractivity contribution in [3.8, 4) is 0 Å². The molecule has 1 unspecified atom stereocenters.